The summed E-state index contributed by atoms with van der Waals surface area (Å²) in [5.41, 5.74) is 1.43. The Labute approximate surface area is 119 Å². The Morgan fingerprint density at radius 2 is 2.21 bits per heavy atom. The molecule has 0 atom stereocenters. The molecule has 0 aliphatic carbocycles. The van der Waals surface area contributed by atoms with Crippen molar-refractivity contribution in [1.29, 1.82) is 0 Å². The van der Waals surface area contributed by atoms with E-state index in [9.17, 15) is 9.59 Å². The Bertz CT molecular complexity index is 587. The van der Waals surface area contributed by atoms with Gasteiger partial charge in [-0.05, 0) is 36.9 Å². The lowest BCUT2D eigenvalue weighted by Gasteiger charge is -2.00. The summed E-state index contributed by atoms with van der Waals surface area (Å²) in [6, 6.07) is 3.54. The molecule has 0 fully saturated rings. The molecule has 2 aromatic heterocycles. The zero-order valence-corrected chi connectivity index (χ0v) is 12.2. The molecule has 2 aromatic rings. The standard InChI is InChI=1S/C13H13NO3S2/c1-3-17-13(16)11-8(2)6-10(19-11)14-12(15)9-4-5-18-7-9/h4-7H,3H2,1-2H3,(H,14,15). The van der Waals surface area contributed by atoms with Crippen LogP contribution in [0.1, 0.15) is 32.5 Å². The van der Waals surface area contributed by atoms with Crippen LogP contribution in [-0.4, -0.2) is 18.5 Å². The van der Waals surface area contributed by atoms with E-state index in [0.29, 0.717) is 22.0 Å². The molecule has 1 amide bonds. The molecule has 0 bridgehead atoms. The molecule has 0 unspecified atom stereocenters. The molecule has 0 saturated heterocycles. The fourth-order valence-corrected chi connectivity index (χ4v) is 3.12. The van der Waals surface area contributed by atoms with Crippen molar-refractivity contribution in [3.8, 4) is 0 Å². The molecular weight excluding hydrogens is 282 g/mol. The Morgan fingerprint density at radius 3 is 2.84 bits per heavy atom. The maximum atomic E-state index is 11.9. The highest BCUT2D eigenvalue weighted by molar-refractivity contribution is 7.18. The van der Waals surface area contributed by atoms with Crippen LogP contribution in [0.5, 0.6) is 0 Å². The first-order valence-corrected chi connectivity index (χ1v) is 7.49. The van der Waals surface area contributed by atoms with Gasteiger partial charge in [-0.3, -0.25) is 4.79 Å². The molecule has 100 valence electrons. The molecule has 0 spiro atoms. The van der Waals surface area contributed by atoms with Crippen LogP contribution >= 0.6 is 22.7 Å². The van der Waals surface area contributed by atoms with Crippen LogP contribution in [0.3, 0.4) is 0 Å². The number of esters is 1. The van der Waals surface area contributed by atoms with Crippen molar-refractivity contribution in [2.75, 3.05) is 11.9 Å². The van der Waals surface area contributed by atoms with E-state index in [-0.39, 0.29) is 11.9 Å². The van der Waals surface area contributed by atoms with E-state index >= 15 is 0 Å². The maximum Gasteiger partial charge on any atom is 0.348 e. The van der Waals surface area contributed by atoms with E-state index in [2.05, 4.69) is 5.32 Å². The first-order valence-electron chi connectivity index (χ1n) is 5.73. The van der Waals surface area contributed by atoms with Crippen LogP contribution < -0.4 is 5.32 Å². The number of amides is 1. The third-order valence-corrected chi connectivity index (χ3v) is 4.21. The summed E-state index contributed by atoms with van der Waals surface area (Å²) in [6.45, 7) is 3.93. The topological polar surface area (TPSA) is 55.4 Å². The molecule has 0 saturated carbocycles. The highest BCUT2D eigenvalue weighted by atomic mass is 32.1. The van der Waals surface area contributed by atoms with E-state index in [0.717, 1.165) is 5.56 Å². The molecule has 6 heteroatoms. The maximum absolute atomic E-state index is 11.9. The minimum Gasteiger partial charge on any atom is -0.462 e. The van der Waals surface area contributed by atoms with Gasteiger partial charge in [-0.1, -0.05) is 0 Å². The second kappa shape index (κ2) is 5.99. The van der Waals surface area contributed by atoms with Gasteiger partial charge in [0.15, 0.2) is 0 Å². The van der Waals surface area contributed by atoms with Crippen molar-refractivity contribution in [1.82, 2.24) is 0 Å². The quantitative estimate of drug-likeness (QED) is 0.878. The van der Waals surface area contributed by atoms with Crippen molar-refractivity contribution in [2.24, 2.45) is 0 Å². The van der Waals surface area contributed by atoms with Crippen LogP contribution in [-0.2, 0) is 4.74 Å². The zero-order valence-electron chi connectivity index (χ0n) is 10.6. The van der Waals surface area contributed by atoms with Gasteiger partial charge in [0, 0.05) is 5.38 Å². The van der Waals surface area contributed by atoms with Crippen LogP contribution in [0, 0.1) is 6.92 Å². The molecule has 4 nitrogen and oxygen atoms in total. The van der Waals surface area contributed by atoms with Gasteiger partial charge in [0.2, 0.25) is 0 Å². The van der Waals surface area contributed by atoms with E-state index in [1.807, 2.05) is 12.3 Å². The number of hydrogen-bond acceptors (Lipinski definition) is 5. The van der Waals surface area contributed by atoms with E-state index in [1.165, 1.54) is 22.7 Å². The van der Waals surface area contributed by atoms with Crippen molar-refractivity contribution in [3.63, 3.8) is 0 Å². The van der Waals surface area contributed by atoms with Gasteiger partial charge >= 0.3 is 5.97 Å². The fourth-order valence-electron chi connectivity index (χ4n) is 1.52. The van der Waals surface area contributed by atoms with Crippen LogP contribution in [0.15, 0.2) is 22.9 Å². The van der Waals surface area contributed by atoms with E-state index < -0.39 is 0 Å². The molecule has 2 heterocycles. The average molecular weight is 295 g/mol. The van der Waals surface area contributed by atoms with Crippen molar-refractivity contribution in [3.05, 3.63) is 38.9 Å². The number of thiophene rings is 2. The molecule has 0 aliphatic rings. The Morgan fingerprint density at radius 1 is 1.42 bits per heavy atom. The highest BCUT2D eigenvalue weighted by Gasteiger charge is 2.16. The first kappa shape index (κ1) is 13.8. The van der Waals surface area contributed by atoms with Crippen molar-refractivity contribution >= 4 is 39.6 Å². The summed E-state index contributed by atoms with van der Waals surface area (Å²) in [4.78, 5) is 24.1. The minimum absolute atomic E-state index is 0.169. The summed E-state index contributed by atoms with van der Waals surface area (Å²) < 4.78 is 4.96. The summed E-state index contributed by atoms with van der Waals surface area (Å²) in [5, 5.41) is 7.06. The normalized spacial score (nSPS) is 10.2. The molecule has 1 N–H and O–H groups in total. The van der Waals surface area contributed by atoms with E-state index in [4.69, 9.17) is 4.74 Å². The molecule has 0 radical (unpaired) electrons. The zero-order chi connectivity index (χ0) is 13.8. The Hall–Kier alpha value is -1.66. The van der Waals surface area contributed by atoms with Gasteiger partial charge in [0.25, 0.3) is 5.91 Å². The fraction of sp³-hybridized carbons (Fsp3) is 0.231. The second-order valence-corrected chi connectivity index (χ2v) is 5.64. The summed E-state index contributed by atoms with van der Waals surface area (Å²) in [7, 11) is 0. The van der Waals surface area contributed by atoms with Crippen LogP contribution in [0.4, 0.5) is 5.00 Å². The summed E-state index contributed by atoms with van der Waals surface area (Å²) >= 11 is 2.70. The summed E-state index contributed by atoms with van der Waals surface area (Å²) in [5.74, 6) is -0.515. The third-order valence-electron chi connectivity index (χ3n) is 2.40. The SMILES string of the molecule is CCOC(=O)c1sc(NC(=O)c2ccsc2)cc1C. The smallest absolute Gasteiger partial charge is 0.348 e. The monoisotopic (exact) mass is 295 g/mol. The minimum atomic E-state index is -0.346. The number of carbonyl (C=O) groups excluding carboxylic acids is 2. The molecular formula is C13H13NO3S2. The predicted octanol–water partition coefficient (Wildman–Crippen LogP) is 3.55. The summed E-state index contributed by atoms with van der Waals surface area (Å²) in [6.07, 6.45) is 0. The van der Waals surface area contributed by atoms with Gasteiger partial charge in [-0.15, -0.1) is 11.3 Å². The van der Waals surface area contributed by atoms with Gasteiger partial charge in [-0.2, -0.15) is 11.3 Å². The lowest BCUT2D eigenvalue weighted by molar-refractivity contribution is 0.0531. The highest BCUT2D eigenvalue weighted by Crippen LogP contribution is 2.27. The first-order chi connectivity index (χ1) is 9.11. The largest absolute Gasteiger partial charge is 0.462 e. The number of anilines is 1. The lowest BCUT2D eigenvalue weighted by Crippen LogP contribution is -2.09. The Kier molecular flexibility index (Phi) is 4.34. The predicted molar refractivity (Wildman–Crippen MR) is 77.3 cm³/mol. The third kappa shape index (κ3) is 3.21. The van der Waals surface area contributed by atoms with Crippen molar-refractivity contribution in [2.45, 2.75) is 13.8 Å². The van der Waals surface area contributed by atoms with Crippen LogP contribution in [0.25, 0.3) is 0 Å². The van der Waals surface area contributed by atoms with Gasteiger partial charge in [0.05, 0.1) is 17.2 Å². The number of nitrogens with one attached hydrogen (secondary N) is 1. The van der Waals surface area contributed by atoms with Gasteiger partial charge in [-0.25, -0.2) is 4.79 Å². The number of aryl methyl sites for hydroxylation is 1. The molecule has 19 heavy (non-hydrogen) atoms. The number of carbonyl (C=O) groups is 2. The van der Waals surface area contributed by atoms with E-state index in [1.54, 1.807) is 24.4 Å². The molecule has 0 aliphatic heterocycles. The number of ether oxygens (including phenoxy) is 1. The van der Waals surface area contributed by atoms with Gasteiger partial charge in [0.1, 0.15) is 4.88 Å². The second-order valence-electron chi connectivity index (χ2n) is 3.81. The molecule has 0 aromatic carbocycles. The average Bonchev–Trinajstić information content (AvgIpc) is 2.99. The number of hydrogen-bond donors (Lipinski definition) is 1. The lowest BCUT2D eigenvalue weighted by atomic mass is 10.3. The van der Waals surface area contributed by atoms with Crippen molar-refractivity contribution < 1.29 is 14.3 Å². The number of rotatable bonds is 4. The van der Waals surface area contributed by atoms with Crippen LogP contribution in [0.2, 0.25) is 0 Å². The Balaban J connectivity index is 2.12. The molecule has 2 rings (SSSR count). The van der Waals surface area contributed by atoms with Gasteiger partial charge < -0.3 is 10.1 Å².